The third-order valence-electron chi connectivity index (χ3n) is 3.33. The number of rotatable bonds is 7. The molecule has 0 saturated carbocycles. The van der Waals surface area contributed by atoms with E-state index in [0.29, 0.717) is 12.5 Å². The Kier molecular flexibility index (Phi) is 6.36. The summed E-state index contributed by atoms with van der Waals surface area (Å²) in [7, 11) is 1.68. The lowest BCUT2D eigenvalue weighted by Gasteiger charge is -2.23. The summed E-state index contributed by atoms with van der Waals surface area (Å²) in [4.78, 5) is 4.44. The zero-order valence-corrected chi connectivity index (χ0v) is 13.1. The molecule has 0 spiro atoms. The van der Waals surface area contributed by atoms with Gasteiger partial charge < -0.3 is 15.8 Å². The van der Waals surface area contributed by atoms with E-state index in [1.807, 2.05) is 12.1 Å². The fraction of sp³-hybridized carbons (Fsp3) is 0.562. The van der Waals surface area contributed by atoms with Crippen molar-refractivity contribution in [3.05, 3.63) is 29.8 Å². The molecule has 0 fully saturated rings. The standard InChI is InChI=1S/C16H27N3O/c1-5-6-10-18-15(17)19-12-16(2,3)13-8-7-9-14(11-13)20-4/h7-9,11H,5-6,10,12H2,1-4H3,(H3,17,18,19). The van der Waals surface area contributed by atoms with Crippen LogP contribution in [0.3, 0.4) is 0 Å². The van der Waals surface area contributed by atoms with Crippen molar-refractivity contribution in [2.75, 3.05) is 20.2 Å². The van der Waals surface area contributed by atoms with E-state index >= 15 is 0 Å². The number of ether oxygens (including phenoxy) is 1. The van der Waals surface area contributed by atoms with E-state index in [0.717, 1.165) is 25.1 Å². The lowest BCUT2D eigenvalue weighted by Crippen LogP contribution is -2.34. The summed E-state index contributed by atoms with van der Waals surface area (Å²) in [6.07, 6.45) is 2.26. The van der Waals surface area contributed by atoms with Gasteiger partial charge in [0.1, 0.15) is 5.75 Å². The summed E-state index contributed by atoms with van der Waals surface area (Å²) in [5.41, 5.74) is 6.99. The van der Waals surface area contributed by atoms with E-state index in [9.17, 15) is 0 Å². The Bertz CT molecular complexity index is 441. The van der Waals surface area contributed by atoms with Gasteiger partial charge in [-0.2, -0.15) is 0 Å². The van der Waals surface area contributed by atoms with Crippen LogP contribution in [0.5, 0.6) is 5.75 Å². The molecule has 0 aliphatic rings. The maximum Gasteiger partial charge on any atom is 0.188 e. The van der Waals surface area contributed by atoms with Crippen LogP contribution in [0.25, 0.3) is 0 Å². The molecule has 0 aliphatic carbocycles. The first kappa shape index (κ1) is 16.3. The molecule has 3 N–H and O–H groups in total. The molecule has 4 heteroatoms. The highest BCUT2D eigenvalue weighted by atomic mass is 16.5. The Morgan fingerprint density at radius 2 is 2.15 bits per heavy atom. The lowest BCUT2D eigenvalue weighted by atomic mass is 9.85. The van der Waals surface area contributed by atoms with Crippen molar-refractivity contribution in [1.29, 1.82) is 0 Å². The monoisotopic (exact) mass is 277 g/mol. The minimum Gasteiger partial charge on any atom is -0.497 e. The van der Waals surface area contributed by atoms with Gasteiger partial charge in [0.25, 0.3) is 0 Å². The van der Waals surface area contributed by atoms with Crippen LogP contribution >= 0.6 is 0 Å². The molecule has 0 aliphatic heterocycles. The smallest absolute Gasteiger partial charge is 0.188 e. The largest absolute Gasteiger partial charge is 0.497 e. The van der Waals surface area contributed by atoms with E-state index in [1.54, 1.807) is 7.11 Å². The number of hydrogen-bond acceptors (Lipinski definition) is 2. The SMILES string of the molecule is CCCCNC(N)=NCC(C)(C)c1cccc(OC)c1. The number of unbranched alkanes of at least 4 members (excludes halogenated alkanes) is 1. The quantitative estimate of drug-likeness (QED) is 0.457. The molecule has 0 atom stereocenters. The van der Waals surface area contributed by atoms with Gasteiger partial charge in [0.2, 0.25) is 0 Å². The molecule has 0 amide bonds. The van der Waals surface area contributed by atoms with Crippen molar-refractivity contribution in [3.63, 3.8) is 0 Å². The van der Waals surface area contributed by atoms with Crippen LogP contribution in [0, 0.1) is 0 Å². The van der Waals surface area contributed by atoms with Gasteiger partial charge in [0, 0.05) is 12.0 Å². The summed E-state index contributed by atoms with van der Waals surface area (Å²) < 4.78 is 5.27. The minimum atomic E-state index is -0.0778. The van der Waals surface area contributed by atoms with Crippen LogP contribution in [-0.4, -0.2) is 26.2 Å². The highest BCUT2D eigenvalue weighted by molar-refractivity contribution is 5.77. The fourth-order valence-electron chi connectivity index (χ4n) is 1.87. The lowest BCUT2D eigenvalue weighted by molar-refractivity contribution is 0.412. The minimum absolute atomic E-state index is 0.0778. The second kappa shape index (κ2) is 7.78. The number of methoxy groups -OCH3 is 1. The van der Waals surface area contributed by atoms with Gasteiger partial charge in [-0.1, -0.05) is 39.3 Å². The van der Waals surface area contributed by atoms with E-state index in [4.69, 9.17) is 10.5 Å². The van der Waals surface area contributed by atoms with Crippen LogP contribution in [0.15, 0.2) is 29.3 Å². The van der Waals surface area contributed by atoms with Gasteiger partial charge in [-0.3, -0.25) is 4.99 Å². The molecule has 1 rings (SSSR count). The van der Waals surface area contributed by atoms with Gasteiger partial charge in [-0.25, -0.2) is 0 Å². The fourth-order valence-corrected chi connectivity index (χ4v) is 1.87. The predicted molar refractivity (Wildman–Crippen MR) is 85.4 cm³/mol. The molecule has 0 unspecified atom stereocenters. The van der Waals surface area contributed by atoms with Crippen molar-refractivity contribution >= 4 is 5.96 Å². The number of nitrogens with two attached hydrogens (primary N) is 1. The highest BCUT2D eigenvalue weighted by Gasteiger charge is 2.20. The molecule has 4 nitrogen and oxygen atoms in total. The molecule has 1 aromatic carbocycles. The molecule has 0 saturated heterocycles. The number of benzene rings is 1. The van der Waals surface area contributed by atoms with Crippen LogP contribution in [0.1, 0.15) is 39.2 Å². The molecule has 0 aromatic heterocycles. The first-order chi connectivity index (χ1) is 9.49. The second-order valence-electron chi connectivity index (χ2n) is 5.60. The number of nitrogens with one attached hydrogen (secondary N) is 1. The van der Waals surface area contributed by atoms with Crippen LogP contribution in [0.4, 0.5) is 0 Å². The number of nitrogens with zero attached hydrogens (tertiary/aromatic N) is 1. The first-order valence-corrected chi connectivity index (χ1v) is 7.18. The summed E-state index contributed by atoms with van der Waals surface area (Å²) in [5, 5.41) is 3.13. The maximum absolute atomic E-state index is 5.87. The third kappa shape index (κ3) is 5.11. The molecule has 112 valence electrons. The van der Waals surface area contributed by atoms with E-state index in [2.05, 4.69) is 43.2 Å². The molecule has 1 aromatic rings. The molecular formula is C16H27N3O. The average molecular weight is 277 g/mol. The Morgan fingerprint density at radius 3 is 2.80 bits per heavy atom. The molecule has 0 radical (unpaired) electrons. The van der Waals surface area contributed by atoms with Crippen molar-refractivity contribution in [3.8, 4) is 5.75 Å². The van der Waals surface area contributed by atoms with Gasteiger partial charge >= 0.3 is 0 Å². The molecular weight excluding hydrogens is 250 g/mol. The van der Waals surface area contributed by atoms with E-state index < -0.39 is 0 Å². The third-order valence-corrected chi connectivity index (χ3v) is 3.33. The van der Waals surface area contributed by atoms with E-state index in [1.165, 1.54) is 5.56 Å². The zero-order chi connectivity index (χ0) is 15.0. The normalized spacial score (nSPS) is 12.3. The molecule has 0 bridgehead atoms. The molecule has 0 heterocycles. The summed E-state index contributed by atoms with van der Waals surface area (Å²) in [6, 6.07) is 8.10. The van der Waals surface area contributed by atoms with Crippen LogP contribution in [-0.2, 0) is 5.41 Å². The Labute approximate surface area is 122 Å². The Morgan fingerprint density at radius 1 is 1.40 bits per heavy atom. The Balaban J connectivity index is 2.66. The maximum atomic E-state index is 5.87. The zero-order valence-electron chi connectivity index (χ0n) is 13.1. The van der Waals surface area contributed by atoms with Gasteiger partial charge in [0.05, 0.1) is 13.7 Å². The van der Waals surface area contributed by atoms with Crippen molar-refractivity contribution in [1.82, 2.24) is 5.32 Å². The van der Waals surface area contributed by atoms with Crippen molar-refractivity contribution in [2.24, 2.45) is 10.7 Å². The second-order valence-corrected chi connectivity index (χ2v) is 5.60. The topological polar surface area (TPSA) is 59.6 Å². The van der Waals surface area contributed by atoms with Gasteiger partial charge in [-0.05, 0) is 24.1 Å². The van der Waals surface area contributed by atoms with Crippen LogP contribution in [0.2, 0.25) is 0 Å². The van der Waals surface area contributed by atoms with Crippen LogP contribution < -0.4 is 15.8 Å². The van der Waals surface area contributed by atoms with Crippen molar-refractivity contribution in [2.45, 2.75) is 39.0 Å². The Hall–Kier alpha value is -1.71. The van der Waals surface area contributed by atoms with Crippen molar-refractivity contribution < 1.29 is 4.74 Å². The van der Waals surface area contributed by atoms with E-state index in [-0.39, 0.29) is 5.41 Å². The number of hydrogen-bond donors (Lipinski definition) is 2. The number of guanidine groups is 1. The predicted octanol–water partition coefficient (Wildman–Crippen LogP) is 2.68. The highest BCUT2D eigenvalue weighted by Crippen LogP contribution is 2.26. The summed E-state index contributed by atoms with van der Waals surface area (Å²) in [5.74, 6) is 1.39. The van der Waals surface area contributed by atoms with Gasteiger partial charge in [-0.15, -0.1) is 0 Å². The molecule has 20 heavy (non-hydrogen) atoms. The van der Waals surface area contributed by atoms with Gasteiger partial charge in [0.15, 0.2) is 5.96 Å². The first-order valence-electron chi connectivity index (χ1n) is 7.18. The number of aliphatic imine (C=N–C) groups is 1. The summed E-state index contributed by atoms with van der Waals surface area (Å²) in [6.45, 7) is 7.99. The summed E-state index contributed by atoms with van der Waals surface area (Å²) >= 11 is 0. The average Bonchev–Trinajstić information content (AvgIpc) is 2.45.